The molecule has 0 radical (unpaired) electrons. The number of para-hydroxylation sites is 1. The minimum Gasteiger partial charge on any atom is -0.465 e. The first-order valence-corrected chi connectivity index (χ1v) is 13.3. The average molecular weight is 565 g/mol. The van der Waals surface area contributed by atoms with Crippen LogP contribution in [0.1, 0.15) is 32.9 Å². The Kier molecular flexibility index (Phi) is 6.55. The van der Waals surface area contributed by atoms with Crippen LogP contribution in [0.25, 0.3) is 39.1 Å². The highest BCUT2D eigenvalue weighted by molar-refractivity contribution is 6.31. The molecule has 9 heteroatoms. The second-order valence-corrected chi connectivity index (χ2v) is 10.1. The van der Waals surface area contributed by atoms with Gasteiger partial charge in [-0.15, -0.1) is 0 Å². The third-order valence-electron chi connectivity index (χ3n) is 7.19. The average Bonchev–Trinajstić information content (AvgIpc) is 3.51. The summed E-state index contributed by atoms with van der Waals surface area (Å²) in [6.45, 7) is 5.83. The van der Waals surface area contributed by atoms with E-state index in [1.807, 2.05) is 45.0 Å². The SMILES string of the molecule is COC(=O)c1cccc(-n2c(C)cc(C=Nn3c(-c4cc5cc(Cl)ccc5o4)nc4ccccc4c3=O)c2C)c1C. The number of nitrogens with zero attached hydrogens (tertiary/aromatic N) is 4. The standard InChI is InChI=1S/C32H25ClN4O4/c1-18-14-22(20(3)36(18)27-11-7-9-24(19(27)2)32(39)40-4)17-34-37-30(35-26-10-6-5-8-25(26)31(37)38)29-16-21-15-23(33)12-13-28(21)41-29/h5-17H,1-4H3. The fraction of sp³-hybridized carbons (Fsp3) is 0.125. The monoisotopic (exact) mass is 564 g/mol. The summed E-state index contributed by atoms with van der Waals surface area (Å²) >= 11 is 6.18. The first-order chi connectivity index (χ1) is 19.8. The lowest BCUT2D eigenvalue weighted by Crippen LogP contribution is -2.20. The Bertz CT molecular complexity index is 2080. The third-order valence-corrected chi connectivity index (χ3v) is 7.42. The molecule has 3 heterocycles. The topological polar surface area (TPSA) is 91.6 Å². The summed E-state index contributed by atoms with van der Waals surface area (Å²) in [4.78, 5) is 30.7. The molecule has 41 heavy (non-hydrogen) atoms. The van der Waals surface area contributed by atoms with Crippen LogP contribution in [0.3, 0.4) is 0 Å². The minimum atomic E-state index is -0.392. The van der Waals surface area contributed by atoms with E-state index in [4.69, 9.17) is 25.7 Å². The van der Waals surface area contributed by atoms with Gasteiger partial charge in [-0.05, 0) is 80.9 Å². The van der Waals surface area contributed by atoms with Crippen molar-refractivity contribution in [1.29, 1.82) is 0 Å². The predicted molar refractivity (Wildman–Crippen MR) is 161 cm³/mol. The zero-order chi connectivity index (χ0) is 28.8. The molecule has 0 fully saturated rings. The highest BCUT2D eigenvalue weighted by atomic mass is 35.5. The number of fused-ring (bicyclic) bond motifs is 2. The Labute approximate surface area is 240 Å². The molecule has 0 aliphatic carbocycles. The molecule has 3 aromatic carbocycles. The molecule has 0 atom stereocenters. The van der Waals surface area contributed by atoms with E-state index in [0.29, 0.717) is 32.8 Å². The van der Waals surface area contributed by atoms with E-state index in [-0.39, 0.29) is 11.4 Å². The van der Waals surface area contributed by atoms with Crippen molar-refractivity contribution in [3.63, 3.8) is 0 Å². The number of hydrogen-bond acceptors (Lipinski definition) is 6. The van der Waals surface area contributed by atoms with Crippen molar-refractivity contribution in [2.24, 2.45) is 5.10 Å². The van der Waals surface area contributed by atoms with Gasteiger partial charge in [0.1, 0.15) is 5.58 Å². The number of hydrogen-bond donors (Lipinski definition) is 0. The fourth-order valence-electron chi connectivity index (χ4n) is 5.12. The lowest BCUT2D eigenvalue weighted by Gasteiger charge is -2.15. The smallest absolute Gasteiger partial charge is 0.338 e. The first-order valence-electron chi connectivity index (χ1n) is 12.9. The van der Waals surface area contributed by atoms with Gasteiger partial charge in [0, 0.05) is 33.0 Å². The molecule has 8 nitrogen and oxygen atoms in total. The van der Waals surface area contributed by atoms with Gasteiger partial charge in [0.2, 0.25) is 5.82 Å². The van der Waals surface area contributed by atoms with Gasteiger partial charge in [-0.25, -0.2) is 9.78 Å². The lowest BCUT2D eigenvalue weighted by atomic mass is 10.1. The van der Waals surface area contributed by atoms with Gasteiger partial charge in [-0.2, -0.15) is 9.78 Å². The van der Waals surface area contributed by atoms with Crippen LogP contribution in [-0.4, -0.2) is 33.5 Å². The van der Waals surface area contributed by atoms with E-state index >= 15 is 0 Å². The molecular formula is C32H25ClN4O4. The molecule has 0 aliphatic rings. The number of furan rings is 1. The number of esters is 1. The summed E-state index contributed by atoms with van der Waals surface area (Å²) in [6, 6.07) is 21.7. The van der Waals surface area contributed by atoms with E-state index in [0.717, 1.165) is 33.6 Å². The number of methoxy groups -OCH3 is 1. The Hall–Kier alpha value is -4.95. The van der Waals surface area contributed by atoms with Crippen molar-refractivity contribution in [1.82, 2.24) is 14.2 Å². The van der Waals surface area contributed by atoms with Gasteiger partial charge in [0.25, 0.3) is 5.56 Å². The molecule has 6 aromatic rings. The van der Waals surface area contributed by atoms with Gasteiger partial charge in [-0.3, -0.25) is 4.79 Å². The van der Waals surface area contributed by atoms with Crippen LogP contribution in [0.15, 0.2) is 87.1 Å². The molecule has 0 N–H and O–H groups in total. The van der Waals surface area contributed by atoms with Crippen molar-refractivity contribution in [3.05, 3.63) is 116 Å². The highest BCUT2D eigenvalue weighted by Crippen LogP contribution is 2.29. The van der Waals surface area contributed by atoms with Crippen LogP contribution in [0.4, 0.5) is 0 Å². The van der Waals surface area contributed by atoms with Gasteiger partial charge in [0.05, 0.1) is 29.8 Å². The number of benzene rings is 3. The van der Waals surface area contributed by atoms with Gasteiger partial charge >= 0.3 is 5.97 Å². The summed E-state index contributed by atoms with van der Waals surface area (Å²) in [5, 5.41) is 6.43. The van der Waals surface area contributed by atoms with Crippen LogP contribution in [0, 0.1) is 20.8 Å². The molecular weight excluding hydrogens is 540 g/mol. The quantitative estimate of drug-likeness (QED) is 0.169. The summed E-state index contributed by atoms with van der Waals surface area (Å²) < 4.78 is 14.3. The van der Waals surface area contributed by atoms with Crippen LogP contribution in [0.2, 0.25) is 5.02 Å². The first kappa shape index (κ1) is 26.3. The van der Waals surface area contributed by atoms with Crippen LogP contribution >= 0.6 is 11.6 Å². The van der Waals surface area contributed by atoms with E-state index < -0.39 is 5.97 Å². The molecule has 0 bridgehead atoms. The van der Waals surface area contributed by atoms with Gasteiger partial charge < -0.3 is 13.7 Å². The molecule has 0 saturated carbocycles. The zero-order valence-electron chi connectivity index (χ0n) is 22.8. The summed E-state index contributed by atoms with van der Waals surface area (Å²) in [5.74, 6) is 0.271. The summed E-state index contributed by atoms with van der Waals surface area (Å²) in [5.41, 5.74) is 5.61. The van der Waals surface area contributed by atoms with Crippen LogP contribution in [-0.2, 0) is 4.74 Å². The van der Waals surface area contributed by atoms with Crippen molar-refractivity contribution < 1.29 is 13.9 Å². The molecule has 0 unspecified atom stereocenters. The Morgan fingerprint density at radius 3 is 2.63 bits per heavy atom. The van der Waals surface area contributed by atoms with Gasteiger partial charge in [0.15, 0.2) is 5.76 Å². The van der Waals surface area contributed by atoms with Crippen LogP contribution in [0.5, 0.6) is 0 Å². The number of carbonyl (C=O) groups is 1. The normalized spacial score (nSPS) is 11.6. The van der Waals surface area contributed by atoms with E-state index in [1.165, 1.54) is 11.8 Å². The second kappa shape index (κ2) is 10.2. The van der Waals surface area contributed by atoms with Crippen LogP contribution < -0.4 is 5.56 Å². The molecule has 3 aromatic heterocycles. The maximum atomic E-state index is 13.7. The third kappa shape index (κ3) is 4.52. The number of halogens is 1. The maximum absolute atomic E-state index is 13.7. The number of carbonyl (C=O) groups excluding carboxylic acids is 1. The number of ether oxygens (including phenoxy) is 1. The zero-order valence-corrected chi connectivity index (χ0v) is 23.6. The van der Waals surface area contributed by atoms with E-state index in [1.54, 1.807) is 54.7 Å². The lowest BCUT2D eigenvalue weighted by molar-refractivity contribution is 0.0600. The summed E-state index contributed by atoms with van der Waals surface area (Å²) in [6.07, 6.45) is 1.64. The maximum Gasteiger partial charge on any atom is 0.338 e. The van der Waals surface area contributed by atoms with E-state index in [2.05, 4.69) is 9.67 Å². The molecule has 0 aliphatic heterocycles. The molecule has 0 amide bonds. The Morgan fingerprint density at radius 2 is 1.83 bits per heavy atom. The number of aryl methyl sites for hydroxylation is 1. The second-order valence-electron chi connectivity index (χ2n) is 9.71. The Balaban J connectivity index is 1.49. The molecule has 0 saturated heterocycles. The van der Waals surface area contributed by atoms with Crippen molar-refractivity contribution >= 4 is 45.7 Å². The minimum absolute atomic E-state index is 0.271. The highest BCUT2D eigenvalue weighted by Gasteiger charge is 2.19. The Morgan fingerprint density at radius 1 is 1.02 bits per heavy atom. The van der Waals surface area contributed by atoms with Crippen molar-refractivity contribution in [2.75, 3.05) is 7.11 Å². The molecule has 204 valence electrons. The fourth-order valence-corrected chi connectivity index (χ4v) is 5.30. The van der Waals surface area contributed by atoms with Crippen molar-refractivity contribution in [3.8, 4) is 17.3 Å². The predicted octanol–water partition coefficient (Wildman–Crippen LogP) is 6.85. The molecule has 0 spiro atoms. The number of rotatable bonds is 5. The van der Waals surface area contributed by atoms with Gasteiger partial charge in [-0.1, -0.05) is 29.8 Å². The largest absolute Gasteiger partial charge is 0.465 e. The molecule has 6 rings (SSSR count). The van der Waals surface area contributed by atoms with E-state index in [9.17, 15) is 9.59 Å². The van der Waals surface area contributed by atoms with Crippen molar-refractivity contribution in [2.45, 2.75) is 20.8 Å². The summed E-state index contributed by atoms with van der Waals surface area (Å²) in [7, 11) is 1.37. The number of aromatic nitrogens is 3.